The van der Waals surface area contributed by atoms with E-state index in [1.807, 2.05) is 0 Å². The summed E-state index contributed by atoms with van der Waals surface area (Å²) in [6.45, 7) is 4.63. The first-order valence-corrected chi connectivity index (χ1v) is 9.40. The minimum Gasteiger partial charge on any atom is -0.458 e. The van der Waals surface area contributed by atoms with Crippen molar-refractivity contribution in [2.24, 2.45) is 46.8 Å². The second kappa shape index (κ2) is 3.62. The minimum absolute atomic E-state index is 0.00336. The fourth-order valence-electron chi connectivity index (χ4n) is 7.86. The van der Waals surface area contributed by atoms with Crippen LogP contribution in [0, 0.1) is 46.8 Å². The van der Waals surface area contributed by atoms with Gasteiger partial charge in [-0.25, -0.2) is 0 Å². The van der Waals surface area contributed by atoms with Crippen molar-refractivity contribution in [3.63, 3.8) is 0 Å². The molecule has 2 spiro atoms. The molecule has 0 amide bonds. The minimum atomic E-state index is -0.424. The lowest BCUT2D eigenvalue weighted by Gasteiger charge is -2.51. The molecule has 0 aromatic heterocycles. The summed E-state index contributed by atoms with van der Waals surface area (Å²) >= 11 is 0. The van der Waals surface area contributed by atoms with Crippen molar-refractivity contribution < 1.29 is 19.1 Å². The summed E-state index contributed by atoms with van der Waals surface area (Å²) in [7, 11) is 0. The topological polar surface area (TPSA) is 52.6 Å². The van der Waals surface area contributed by atoms with Crippen molar-refractivity contribution in [2.75, 3.05) is 0 Å². The van der Waals surface area contributed by atoms with Crippen molar-refractivity contribution >= 4 is 11.9 Å². The number of carbonyl (C=O) groups excluding carboxylic acids is 2. The highest BCUT2D eigenvalue weighted by Crippen LogP contribution is 2.79. The van der Waals surface area contributed by atoms with E-state index in [9.17, 15) is 9.59 Å². The first-order chi connectivity index (χ1) is 11.0. The van der Waals surface area contributed by atoms with Gasteiger partial charge in [0.05, 0.1) is 11.3 Å². The standard InChI is InChI=1S/C19H24O4/c1-8-9(2)12-3-10(8)4-13(12)16(20)22-15-11-5-14-18(6-11)7-19(14,15)23-17(18)21/h8-15H,3-7H2,1-2H3. The summed E-state index contributed by atoms with van der Waals surface area (Å²) in [5.74, 6) is 3.36. The molecule has 4 nitrogen and oxygen atoms in total. The lowest BCUT2D eigenvalue weighted by atomic mass is 9.52. The first kappa shape index (κ1) is 13.3. The predicted octanol–water partition coefficient (Wildman–Crippen LogP) is 2.55. The van der Waals surface area contributed by atoms with Gasteiger partial charge >= 0.3 is 11.9 Å². The van der Waals surface area contributed by atoms with Gasteiger partial charge in [-0.15, -0.1) is 0 Å². The van der Waals surface area contributed by atoms with Gasteiger partial charge in [0.2, 0.25) is 0 Å². The molecule has 6 bridgehead atoms. The molecule has 2 heterocycles. The van der Waals surface area contributed by atoms with E-state index in [1.54, 1.807) is 0 Å². The Balaban J connectivity index is 1.23. The predicted molar refractivity (Wildman–Crippen MR) is 80.0 cm³/mol. The fourth-order valence-corrected chi connectivity index (χ4v) is 7.86. The van der Waals surface area contributed by atoms with Gasteiger partial charge in [0.25, 0.3) is 0 Å². The number of esters is 2. The van der Waals surface area contributed by atoms with E-state index >= 15 is 0 Å². The molecule has 2 aliphatic heterocycles. The zero-order valence-corrected chi connectivity index (χ0v) is 13.8. The van der Waals surface area contributed by atoms with Crippen LogP contribution >= 0.6 is 0 Å². The second-order valence-electron chi connectivity index (χ2n) is 9.51. The third kappa shape index (κ3) is 1.21. The largest absolute Gasteiger partial charge is 0.458 e. The Labute approximate surface area is 136 Å². The number of hydrogen-bond donors (Lipinski definition) is 0. The smallest absolute Gasteiger partial charge is 0.313 e. The monoisotopic (exact) mass is 316 g/mol. The highest BCUT2D eigenvalue weighted by Gasteiger charge is 2.88. The zero-order valence-electron chi connectivity index (χ0n) is 13.8. The molecule has 10 unspecified atom stereocenters. The van der Waals surface area contributed by atoms with Gasteiger partial charge in [-0.05, 0) is 49.4 Å². The Kier molecular flexibility index (Phi) is 2.09. The van der Waals surface area contributed by atoms with Crippen LogP contribution in [0.4, 0.5) is 0 Å². The molecule has 7 aliphatic rings. The Morgan fingerprint density at radius 1 is 1.17 bits per heavy atom. The van der Waals surface area contributed by atoms with Crippen molar-refractivity contribution in [1.82, 2.24) is 0 Å². The number of fused-ring (bicyclic) bond motifs is 4. The molecule has 0 aromatic carbocycles. The van der Waals surface area contributed by atoms with Crippen LogP contribution in [0.1, 0.15) is 46.0 Å². The van der Waals surface area contributed by atoms with Gasteiger partial charge in [0, 0.05) is 18.3 Å². The average molecular weight is 316 g/mol. The van der Waals surface area contributed by atoms with Crippen LogP contribution in [0.5, 0.6) is 0 Å². The van der Waals surface area contributed by atoms with Crippen molar-refractivity contribution in [3.8, 4) is 0 Å². The van der Waals surface area contributed by atoms with Crippen LogP contribution in [0.15, 0.2) is 0 Å². The molecule has 0 radical (unpaired) electrons. The average Bonchev–Trinajstić information content (AvgIpc) is 3.26. The number of ether oxygens (including phenoxy) is 2. The molecule has 7 fully saturated rings. The van der Waals surface area contributed by atoms with Gasteiger partial charge < -0.3 is 9.47 Å². The lowest BCUT2D eigenvalue weighted by molar-refractivity contribution is -0.196. The molecule has 23 heavy (non-hydrogen) atoms. The SMILES string of the molecule is CC1C2CC(C(=O)OC3C4CC5C6(C4)CC35OC6=O)C(C2)C1C. The normalized spacial score (nSPS) is 63.3. The van der Waals surface area contributed by atoms with E-state index in [2.05, 4.69) is 13.8 Å². The van der Waals surface area contributed by atoms with E-state index in [1.165, 1.54) is 6.42 Å². The maximum absolute atomic E-state index is 12.9. The van der Waals surface area contributed by atoms with Crippen molar-refractivity contribution in [2.45, 2.75) is 57.7 Å². The Bertz CT molecular complexity index is 637. The highest BCUT2D eigenvalue weighted by atomic mass is 16.6. The summed E-state index contributed by atoms with van der Waals surface area (Å²) in [4.78, 5) is 25.0. The van der Waals surface area contributed by atoms with E-state index in [0.717, 1.165) is 31.6 Å². The lowest BCUT2D eigenvalue weighted by Crippen LogP contribution is -2.61. The Morgan fingerprint density at radius 2 is 2.00 bits per heavy atom. The Hall–Kier alpha value is -1.06. The zero-order chi connectivity index (χ0) is 15.7. The number of hydrogen-bond acceptors (Lipinski definition) is 4. The van der Waals surface area contributed by atoms with E-state index in [-0.39, 0.29) is 29.4 Å². The van der Waals surface area contributed by atoms with Crippen LogP contribution < -0.4 is 0 Å². The molecule has 2 saturated heterocycles. The first-order valence-electron chi connectivity index (χ1n) is 9.40. The van der Waals surface area contributed by atoms with E-state index in [4.69, 9.17) is 9.47 Å². The summed E-state index contributed by atoms with van der Waals surface area (Å²) < 4.78 is 11.8. The third-order valence-electron chi connectivity index (χ3n) is 9.06. The Morgan fingerprint density at radius 3 is 2.74 bits per heavy atom. The fraction of sp³-hybridized carbons (Fsp3) is 0.895. The van der Waals surface area contributed by atoms with Crippen LogP contribution in [-0.4, -0.2) is 23.6 Å². The molecule has 4 heteroatoms. The van der Waals surface area contributed by atoms with E-state index < -0.39 is 5.60 Å². The quantitative estimate of drug-likeness (QED) is 0.735. The summed E-state index contributed by atoms with van der Waals surface area (Å²) in [6.07, 6.45) is 4.77. The van der Waals surface area contributed by atoms with Crippen LogP contribution in [0.2, 0.25) is 0 Å². The molecular formula is C19H24O4. The van der Waals surface area contributed by atoms with Crippen LogP contribution in [0.25, 0.3) is 0 Å². The molecular weight excluding hydrogens is 292 g/mol. The van der Waals surface area contributed by atoms with Crippen molar-refractivity contribution in [3.05, 3.63) is 0 Å². The van der Waals surface area contributed by atoms with Gasteiger partial charge in [-0.1, -0.05) is 13.8 Å². The number of rotatable bonds is 2. The molecule has 7 rings (SSSR count). The molecule has 0 N–H and O–H groups in total. The molecule has 5 aliphatic carbocycles. The third-order valence-corrected chi connectivity index (χ3v) is 9.06. The number of carbonyl (C=O) groups is 2. The van der Waals surface area contributed by atoms with Gasteiger partial charge in [0.15, 0.2) is 5.60 Å². The molecule has 5 saturated carbocycles. The molecule has 10 atom stereocenters. The van der Waals surface area contributed by atoms with Gasteiger partial charge in [-0.2, -0.15) is 0 Å². The van der Waals surface area contributed by atoms with Crippen molar-refractivity contribution in [1.29, 1.82) is 0 Å². The maximum atomic E-state index is 12.9. The van der Waals surface area contributed by atoms with Crippen LogP contribution in [0.3, 0.4) is 0 Å². The molecule has 124 valence electrons. The molecule has 0 aromatic rings. The summed E-state index contributed by atoms with van der Waals surface area (Å²) in [5, 5.41) is 0. The summed E-state index contributed by atoms with van der Waals surface area (Å²) in [5.41, 5.74) is -0.601. The highest BCUT2D eigenvalue weighted by molar-refractivity contribution is 5.86. The maximum Gasteiger partial charge on any atom is 0.313 e. The van der Waals surface area contributed by atoms with E-state index in [0.29, 0.717) is 29.6 Å². The van der Waals surface area contributed by atoms with Crippen LogP contribution in [-0.2, 0) is 19.1 Å². The van der Waals surface area contributed by atoms with Gasteiger partial charge in [0.1, 0.15) is 6.10 Å². The summed E-state index contributed by atoms with van der Waals surface area (Å²) in [6, 6.07) is 0. The second-order valence-corrected chi connectivity index (χ2v) is 9.51. The van der Waals surface area contributed by atoms with Gasteiger partial charge in [-0.3, -0.25) is 9.59 Å².